The SMILES string of the molecule is CCCCOCCCNc1nc(NCCC)c(F)cc1F. The van der Waals surface area contributed by atoms with Gasteiger partial charge >= 0.3 is 0 Å². The van der Waals surface area contributed by atoms with Gasteiger partial charge in [0.15, 0.2) is 23.3 Å². The van der Waals surface area contributed by atoms with Gasteiger partial charge in [0.1, 0.15) is 0 Å². The fourth-order valence-electron chi connectivity index (χ4n) is 1.69. The van der Waals surface area contributed by atoms with Crippen molar-refractivity contribution in [1.29, 1.82) is 0 Å². The summed E-state index contributed by atoms with van der Waals surface area (Å²) in [5, 5.41) is 5.71. The van der Waals surface area contributed by atoms with Crippen LogP contribution in [-0.2, 0) is 4.74 Å². The minimum absolute atomic E-state index is 0.0727. The molecule has 0 saturated carbocycles. The van der Waals surface area contributed by atoms with Crippen molar-refractivity contribution in [3.05, 3.63) is 17.7 Å². The predicted octanol–water partition coefficient (Wildman–Crippen LogP) is 3.80. The quantitative estimate of drug-likeness (QED) is 0.610. The zero-order valence-corrected chi connectivity index (χ0v) is 12.8. The van der Waals surface area contributed by atoms with Gasteiger partial charge < -0.3 is 15.4 Å². The highest BCUT2D eigenvalue weighted by molar-refractivity contribution is 5.47. The number of ether oxygens (including phenoxy) is 1. The summed E-state index contributed by atoms with van der Waals surface area (Å²) in [7, 11) is 0. The van der Waals surface area contributed by atoms with E-state index in [9.17, 15) is 8.78 Å². The topological polar surface area (TPSA) is 46.2 Å². The molecule has 4 nitrogen and oxygen atoms in total. The van der Waals surface area contributed by atoms with Gasteiger partial charge in [0.2, 0.25) is 0 Å². The minimum atomic E-state index is -0.679. The highest BCUT2D eigenvalue weighted by Crippen LogP contribution is 2.18. The number of unbranched alkanes of at least 4 members (excludes halogenated alkanes) is 1. The predicted molar refractivity (Wildman–Crippen MR) is 81.8 cm³/mol. The summed E-state index contributed by atoms with van der Waals surface area (Å²) in [6.45, 7) is 6.58. The molecule has 0 aliphatic carbocycles. The van der Waals surface area contributed by atoms with Crippen molar-refractivity contribution in [1.82, 2.24) is 4.98 Å². The van der Waals surface area contributed by atoms with E-state index in [1.54, 1.807) is 0 Å². The summed E-state index contributed by atoms with van der Waals surface area (Å²) >= 11 is 0. The normalized spacial score (nSPS) is 10.7. The molecule has 0 fully saturated rings. The molecule has 1 aromatic heterocycles. The van der Waals surface area contributed by atoms with Crippen molar-refractivity contribution in [3.63, 3.8) is 0 Å². The van der Waals surface area contributed by atoms with Crippen molar-refractivity contribution in [3.8, 4) is 0 Å². The van der Waals surface area contributed by atoms with Crippen LogP contribution >= 0.6 is 0 Å². The van der Waals surface area contributed by atoms with Gasteiger partial charge in [-0.15, -0.1) is 0 Å². The summed E-state index contributed by atoms with van der Waals surface area (Å²) in [6.07, 6.45) is 3.75. The van der Waals surface area contributed by atoms with Crippen LogP contribution in [0.1, 0.15) is 39.5 Å². The Bertz CT molecular complexity index is 416. The molecule has 0 aliphatic heterocycles. The molecule has 1 aromatic rings. The average Bonchev–Trinajstić information content (AvgIpc) is 2.47. The van der Waals surface area contributed by atoms with Crippen LogP contribution in [0.3, 0.4) is 0 Å². The van der Waals surface area contributed by atoms with Crippen LogP contribution in [0.15, 0.2) is 6.07 Å². The molecule has 6 heteroatoms. The van der Waals surface area contributed by atoms with Crippen molar-refractivity contribution in [2.45, 2.75) is 39.5 Å². The number of rotatable bonds is 11. The number of anilines is 2. The van der Waals surface area contributed by atoms with E-state index in [1.807, 2.05) is 6.92 Å². The molecule has 0 unspecified atom stereocenters. The number of hydrogen-bond acceptors (Lipinski definition) is 4. The Balaban J connectivity index is 2.39. The second kappa shape index (κ2) is 10.3. The lowest BCUT2D eigenvalue weighted by Gasteiger charge is -2.11. The summed E-state index contributed by atoms with van der Waals surface area (Å²) in [6, 6.07) is 0.852. The Hall–Kier alpha value is -1.43. The number of nitrogens with zero attached hydrogens (tertiary/aromatic N) is 1. The maximum Gasteiger partial charge on any atom is 0.168 e. The molecule has 0 aliphatic rings. The third kappa shape index (κ3) is 6.71. The molecule has 1 heterocycles. The molecule has 0 radical (unpaired) electrons. The van der Waals surface area contributed by atoms with E-state index in [0.29, 0.717) is 19.7 Å². The molecule has 1 rings (SSSR count). The van der Waals surface area contributed by atoms with E-state index in [1.165, 1.54) is 0 Å². The lowest BCUT2D eigenvalue weighted by Crippen LogP contribution is -2.11. The lowest BCUT2D eigenvalue weighted by atomic mass is 10.3. The van der Waals surface area contributed by atoms with Gasteiger partial charge in [-0.05, 0) is 19.3 Å². The van der Waals surface area contributed by atoms with E-state index in [2.05, 4.69) is 22.5 Å². The zero-order chi connectivity index (χ0) is 15.5. The maximum absolute atomic E-state index is 13.6. The first-order chi connectivity index (χ1) is 10.2. The molecule has 0 atom stereocenters. The van der Waals surface area contributed by atoms with Gasteiger partial charge in [0.25, 0.3) is 0 Å². The molecular weight excluding hydrogens is 276 g/mol. The first-order valence-corrected chi connectivity index (χ1v) is 7.60. The van der Waals surface area contributed by atoms with Gasteiger partial charge in [0.05, 0.1) is 0 Å². The average molecular weight is 301 g/mol. The Morgan fingerprint density at radius 2 is 1.57 bits per heavy atom. The molecule has 0 bridgehead atoms. The van der Waals surface area contributed by atoms with Gasteiger partial charge in [-0.2, -0.15) is 0 Å². The van der Waals surface area contributed by atoms with Gasteiger partial charge in [-0.3, -0.25) is 0 Å². The molecule has 0 amide bonds. The number of hydrogen-bond donors (Lipinski definition) is 2. The van der Waals surface area contributed by atoms with Crippen LogP contribution in [-0.4, -0.2) is 31.3 Å². The Morgan fingerprint density at radius 1 is 0.952 bits per heavy atom. The van der Waals surface area contributed by atoms with Crippen LogP contribution in [0.25, 0.3) is 0 Å². The van der Waals surface area contributed by atoms with Crippen LogP contribution in [0.2, 0.25) is 0 Å². The molecule has 2 N–H and O–H groups in total. The fourth-order valence-corrected chi connectivity index (χ4v) is 1.69. The highest BCUT2D eigenvalue weighted by atomic mass is 19.1. The lowest BCUT2D eigenvalue weighted by molar-refractivity contribution is 0.131. The van der Waals surface area contributed by atoms with Crippen LogP contribution in [0.5, 0.6) is 0 Å². The first kappa shape index (κ1) is 17.6. The molecule has 0 spiro atoms. The zero-order valence-electron chi connectivity index (χ0n) is 12.8. The Labute approximate surface area is 125 Å². The van der Waals surface area contributed by atoms with E-state index in [-0.39, 0.29) is 11.6 Å². The van der Waals surface area contributed by atoms with E-state index in [4.69, 9.17) is 4.74 Å². The van der Waals surface area contributed by atoms with E-state index in [0.717, 1.165) is 38.4 Å². The van der Waals surface area contributed by atoms with Crippen LogP contribution < -0.4 is 10.6 Å². The smallest absolute Gasteiger partial charge is 0.168 e. The highest BCUT2D eigenvalue weighted by Gasteiger charge is 2.11. The van der Waals surface area contributed by atoms with Gasteiger partial charge in [-0.1, -0.05) is 20.3 Å². The second-order valence-corrected chi connectivity index (χ2v) is 4.82. The number of aromatic nitrogens is 1. The van der Waals surface area contributed by atoms with Crippen LogP contribution in [0, 0.1) is 11.6 Å². The molecule has 0 saturated heterocycles. The number of pyridine rings is 1. The monoisotopic (exact) mass is 301 g/mol. The second-order valence-electron chi connectivity index (χ2n) is 4.82. The van der Waals surface area contributed by atoms with E-state index >= 15 is 0 Å². The third-order valence-corrected chi connectivity index (χ3v) is 2.87. The standard InChI is InChI=1S/C15H25F2N3O/c1-3-5-9-21-10-6-8-19-15-13(17)11-12(16)14(20-15)18-7-4-2/h11H,3-10H2,1-2H3,(H2,18,19,20). The maximum atomic E-state index is 13.6. The Morgan fingerprint density at radius 3 is 2.19 bits per heavy atom. The van der Waals surface area contributed by atoms with Crippen molar-refractivity contribution < 1.29 is 13.5 Å². The minimum Gasteiger partial charge on any atom is -0.381 e. The molecular formula is C15H25F2N3O. The third-order valence-electron chi connectivity index (χ3n) is 2.87. The largest absolute Gasteiger partial charge is 0.381 e. The van der Waals surface area contributed by atoms with Crippen LogP contribution in [0.4, 0.5) is 20.4 Å². The molecule has 0 aromatic carbocycles. The van der Waals surface area contributed by atoms with Crippen molar-refractivity contribution >= 4 is 11.6 Å². The summed E-state index contributed by atoms with van der Waals surface area (Å²) in [4.78, 5) is 3.94. The summed E-state index contributed by atoms with van der Waals surface area (Å²) in [5.41, 5.74) is 0. The van der Waals surface area contributed by atoms with Gasteiger partial charge in [-0.25, -0.2) is 13.8 Å². The fraction of sp³-hybridized carbons (Fsp3) is 0.667. The summed E-state index contributed by atoms with van der Waals surface area (Å²) < 4.78 is 32.5. The number of halogens is 2. The molecule has 21 heavy (non-hydrogen) atoms. The van der Waals surface area contributed by atoms with Crippen molar-refractivity contribution in [2.24, 2.45) is 0 Å². The first-order valence-electron chi connectivity index (χ1n) is 7.60. The van der Waals surface area contributed by atoms with E-state index < -0.39 is 11.6 Å². The molecule has 120 valence electrons. The van der Waals surface area contributed by atoms with Crippen molar-refractivity contribution in [2.75, 3.05) is 36.9 Å². The Kier molecular flexibility index (Phi) is 8.66. The number of nitrogens with one attached hydrogen (secondary N) is 2. The summed E-state index contributed by atoms with van der Waals surface area (Å²) in [5.74, 6) is -1.20. The van der Waals surface area contributed by atoms with Gasteiger partial charge in [0, 0.05) is 32.4 Å².